The average molecular weight is 695 g/mol. The standard InChI is InChI=1S/C34H30F6N4O4.Na/c1-20(2)23-4-7-30(47-3)29(14-23)28-6-5-25(33(35,36)37)13-24(28)19-44(32-42-16-27(17-43-32)48-9-8-31(45)46)18-22-10-21(15-41)11-26(12-22)34(38,39)40;/h4-7,10-14,16-17,20H,8-9,18-19H2,1-3H3,(H,45,46);/q;+1/p-1. The van der Waals surface area contributed by atoms with Crippen LogP contribution in [0.25, 0.3) is 11.1 Å². The van der Waals surface area contributed by atoms with E-state index in [1.165, 1.54) is 36.5 Å². The van der Waals surface area contributed by atoms with E-state index in [1.54, 1.807) is 18.2 Å². The van der Waals surface area contributed by atoms with Crippen molar-refractivity contribution in [3.05, 3.63) is 100 Å². The van der Waals surface area contributed by atoms with Gasteiger partial charge in [0.2, 0.25) is 5.95 Å². The Morgan fingerprint density at radius 1 is 0.918 bits per heavy atom. The largest absolute Gasteiger partial charge is 1.00 e. The number of carboxylic acids is 1. The monoisotopic (exact) mass is 694 g/mol. The molecule has 1 heterocycles. The Balaban J connectivity index is 0.00000650. The number of benzene rings is 3. The first-order valence-electron chi connectivity index (χ1n) is 14.5. The van der Waals surface area contributed by atoms with Crippen molar-refractivity contribution < 1.29 is 75.3 Å². The summed E-state index contributed by atoms with van der Waals surface area (Å²) in [5.41, 5.74) is -0.396. The van der Waals surface area contributed by atoms with Gasteiger partial charge >= 0.3 is 41.9 Å². The number of nitriles is 1. The van der Waals surface area contributed by atoms with Gasteiger partial charge < -0.3 is 24.3 Å². The summed E-state index contributed by atoms with van der Waals surface area (Å²) >= 11 is 0. The number of alkyl halides is 6. The molecule has 0 aliphatic rings. The van der Waals surface area contributed by atoms with E-state index in [0.717, 1.165) is 23.8 Å². The number of hydrogen-bond donors (Lipinski definition) is 0. The fourth-order valence-corrected chi connectivity index (χ4v) is 4.89. The number of nitrogens with zero attached hydrogens (tertiary/aromatic N) is 4. The molecular weight excluding hydrogens is 665 g/mol. The zero-order chi connectivity index (χ0) is 35.2. The fourth-order valence-electron chi connectivity index (χ4n) is 4.89. The minimum atomic E-state index is -4.78. The number of aromatic nitrogens is 2. The van der Waals surface area contributed by atoms with Gasteiger partial charge in [-0.1, -0.05) is 26.0 Å². The van der Waals surface area contributed by atoms with Gasteiger partial charge in [0.1, 0.15) is 5.75 Å². The van der Waals surface area contributed by atoms with E-state index < -0.39 is 35.9 Å². The van der Waals surface area contributed by atoms with Crippen LogP contribution in [-0.2, 0) is 30.2 Å². The molecule has 15 heteroatoms. The second kappa shape index (κ2) is 16.4. The number of carboxylic acid groups (broad SMARTS) is 1. The Labute approximate surface area is 300 Å². The number of carbonyl (C=O) groups excluding carboxylic acids is 1. The smallest absolute Gasteiger partial charge is 0.550 e. The molecule has 0 aliphatic heterocycles. The summed E-state index contributed by atoms with van der Waals surface area (Å²) in [6, 6.07) is 13.0. The van der Waals surface area contributed by atoms with Crippen molar-refractivity contribution in [1.29, 1.82) is 5.26 Å². The van der Waals surface area contributed by atoms with Gasteiger partial charge in [0.05, 0.1) is 48.9 Å². The Kier molecular flexibility index (Phi) is 13.1. The molecule has 49 heavy (non-hydrogen) atoms. The number of halogens is 6. The molecule has 0 bridgehead atoms. The number of hydrogen-bond acceptors (Lipinski definition) is 8. The number of carbonyl (C=O) groups is 1. The second-order valence-corrected chi connectivity index (χ2v) is 11.1. The Morgan fingerprint density at radius 2 is 1.59 bits per heavy atom. The predicted octanol–water partition coefficient (Wildman–Crippen LogP) is 3.91. The van der Waals surface area contributed by atoms with Gasteiger partial charge in [0.25, 0.3) is 0 Å². The third-order valence-corrected chi connectivity index (χ3v) is 7.27. The fraction of sp³-hybridized carbons (Fsp3) is 0.294. The van der Waals surface area contributed by atoms with Crippen LogP contribution >= 0.6 is 0 Å². The summed E-state index contributed by atoms with van der Waals surface area (Å²) < 4.78 is 94.0. The van der Waals surface area contributed by atoms with E-state index in [1.807, 2.05) is 19.9 Å². The summed E-state index contributed by atoms with van der Waals surface area (Å²) in [5.74, 6) is -0.910. The van der Waals surface area contributed by atoms with Crippen molar-refractivity contribution in [3.8, 4) is 28.7 Å². The van der Waals surface area contributed by atoms with Gasteiger partial charge in [-0.3, -0.25) is 0 Å². The van der Waals surface area contributed by atoms with Crippen LogP contribution in [0.3, 0.4) is 0 Å². The van der Waals surface area contributed by atoms with Gasteiger partial charge in [-0.05, 0) is 70.6 Å². The first kappa shape index (κ1) is 39.1. The molecule has 0 aliphatic carbocycles. The van der Waals surface area contributed by atoms with Gasteiger partial charge in [0, 0.05) is 31.0 Å². The maximum Gasteiger partial charge on any atom is 1.00 e. The zero-order valence-corrected chi connectivity index (χ0v) is 28.9. The molecule has 0 atom stereocenters. The topological polar surface area (TPSA) is 111 Å². The molecule has 3 aromatic carbocycles. The van der Waals surface area contributed by atoms with Gasteiger partial charge in [-0.25, -0.2) is 9.97 Å². The van der Waals surface area contributed by atoms with Crippen LogP contribution in [0.5, 0.6) is 11.5 Å². The molecule has 0 unspecified atom stereocenters. The van der Waals surface area contributed by atoms with Crippen LogP contribution in [-0.4, -0.2) is 29.7 Å². The van der Waals surface area contributed by atoms with Gasteiger partial charge in [-0.15, -0.1) is 0 Å². The van der Waals surface area contributed by atoms with E-state index in [0.29, 0.717) is 22.9 Å². The molecule has 0 radical (unpaired) electrons. The van der Waals surface area contributed by atoms with Crippen molar-refractivity contribution in [3.63, 3.8) is 0 Å². The van der Waals surface area contributed by atoms with Crippen LogP contribution in [0.2, 0.25) is 0 Å². The third-order valence-electron chi connectivity index (χ3n) is 7.27. The summed E-state index contributed by atoms with van der Waals surface area (Å²) in [4.78, 5) is 20.5. The maximum atomic E-state index is 14.0. The summed E-state index contributed by atoms with van der Waals surface area (Å²) in [6.45, 7) is 2.99. The molecule has 8 nitrogen and oxygen atoms in total. The maximum absolute atomic E-state index is 14.0. The first-order chi connectivity index (χ1) is 22.6. The summed E-state index contributed by atoms with van der Waals surface area (Å²) in [7, 11) is 1.43. The van der Waals surface area contributed by atoms with E-state index in [-0.39, 0.29) is 83.6 Å². The third kappa shape index (κ3) is 10.3. The predicted molar refractivity (Wildman–Crippen MR) is 161 cm³/mol. The van der Waals surface area contributed by atoms with Crippen molar-refractivity contribution in [2.75, 3.05) is 18.6 Å². The molecule has 4 aromatic rings. The molecule has 0 fully saturated rings. The zero-order valence-electron chi connectivity index (χ0n) is 26.9. The number of ether oxygens (including phenoxy) is 2. The van der Waals surface area contributed by atoms with Crippen molar-refractivity contribution in [2.24, 2.45) is 0 Å². The van der Waals surface area contributed by atoms with E-state index in [2.05, 4.69) is 9.97 Å². The molecule has 0 N–H and O–H groups in total. The number of aliphatic carboxylic acids is 1. The van der Waals surface area contributed by atoms with E-state index >= 15 is 0 Å². The van der Waals surface area contributed by atoms with E-state index in [4.69, 9.17) is 9.47 Å². The van der Waals surface area contributed by atoms with Crippen molar-refractivity contribution in [2.45, 2.75) is 51.6 Å². The molecule has 0 amide bonds. The molecule has 1 aromatic heterocycles. The SMILES string of the molecule is COc1ccc(C(C)C)cc1-c1ccc(C(F)(F)F)cc1CN(Cc1cc(C#N)cc(C(F)(F)F)c1)c1ncc(OCCC(=O)[O-])cn1.[Na+]. The molecule has 0 saturated heterocycles. The molecular formula is C34H29F6N4NaO4. The molecule has 252 valence electrons. The number of methoxy groups -OCH3 is 1. The van der Waals surface area contributed by atoms with Crippen LogP contribution in [0.1, 0.15) is 59.6 Å². The van der Waals surface area contributed by atoms with Crippen LogP contribution in [0.15, 0.2) is 67.0 Å². The Hall–Kier alpha value is -4.32. The average Bonchev–Trinajstić information content (AvgIpc) is 3.03. The minimum absolute atomic E-state index is 0. The normalized spacial score (nSPS) is 11.4. The van der Waals surface area contributed by atoms with Crippen molar-refractivity contribution >= 4 is 11.9 Å². The first-order valence-corrected chi connectivity index (χ1v) is 14.5. The molecule has 4 rings (SSSR count). The Bertz CT molecular complexity index is 1810. The van der Waals surface area contributed by atoms with Gasteiger partial charge in [0.15, 0.2) is 5.75 Å². The molecule has 0 saturated carbocycles. The quantitative estimate of drug-likeness (QED) is 0.162. The number of anilines is 1. The summed E-state index contributed by atoms with van der Waals surface area (Å²) in [6.07, 6.45) is -7.52. The Morgan fingerprint density at radius 3 is 2.16 bits per heavy atom. The van der Waals surface area contributed by atoms with Crippen LogP contribution < -0.4 is 49.0 Å². The van der Waals surface area contributed by atoms with Crippen LogP contribution in [0, 0.1) is 11.3 Å². The number of rotatable bonds is 12. The molecule has 0 spiro atoms. The van der Waals surface area contributed by atoms with E-state index in [9.17, 15) is 41.5 Å². The van der Waals surface area contributed by atoms with Crippen molar-refractivity contribution in [1.82, 2.24) is 9.97 Å². The van der Waals surface area contributed by atoms with Crippen LogP contribution in [0.4, 0.5) is 32.3 Å². The second-order valence-electron chi connectivity index (χ2n) is 11.1. The minimum Gasteiger partial charge on any atom is -0.550 e. The summed E-state index contributed by atoms with van der Waals surface area (Å²) in [5, 5.41) is 20.1. The van der Waals surface area contributed by atoms with Gasteiger partial charge in [-0.2, -0.15) is 31.6 Å².